The fourth-order valence-electron chi connectivity index (χ4n) is 2.40. The summed E-state index contributed by atoms with van der Waals surface area (Å²) in [7, 11) is 1.65. The molecule has 2 nitrogen and oxygen atoms in total. The number of hydrogen-bond acceptors (Lipinski definition) is 2. The van der Waals surface area contributed by atoms with Crippen LogP contribution < -0.4 is 4.74 Å². The lowest BCUT2D eigenvalue weighted by molar-refractivity contribution is 0.0965. The second-order valence-corrected chi connectivity index (χ2v) is 5.13. The van der Waals surface area contributed by atoms with Gasteiger partial charge in [-0.3, -0.25) is 4.79 Å². The van der Waals surface area contributed by atoms with E-state index in [9.17, 15) is 4.79 Å². The summed E-state index contributed by atoms with van der Waals surface area (Å²) in [4.78, 5) is 12.7. The molecule has 2 heteroatoms. The van der Waals surface area contributed by atoms with Gasteiger partial charge in [-0.2, -0.15) is 0 Å². The van der Waals surface area contributed by atoms with Gasteiger partial charge < -0.3 is 4.74 Å². The number of benzene rings is 2. The first-order valence-electron chi connectivity index (χ1n) is 6.79. The lowest BCUT2D eigenvalue weighted by atomic mass is 9.89. The first-order chi connectivity index (χ1) is 9.54. The second-order valence-electron chi connectivity index (χ2n) is 5.13. The smallest absolute Gasteiger partial charge is 0.170 e. The zero-order valence-electron chi connectivity index (χ0n) is 12.4. The molecule has 104 valence electrons. The van der Waals surface area contributed by atoms with E-state index in [0.29, 0.717) is 0 Å². The van der Waals surface area contributed by atoms with Crippen molar-refractivity contribution >= 4 is 5.78 Å². The van der Waals surface area contributed by atoms with E-state index in [0.717, 1.165) is 28.0 Å². The van der Waals surface area contributed by atoms with Crippen molar-refractivity contribution in [2.45, 2.75) is 26.7 Å². The molecule has 0 aliphatic carbocycles. The highest BCUT2D eigenvalue weighted by molar-refractivity contribution is 6.02. The third-order valence-electron chi connectivity index (χ3n) is 3.70. The van der Waals surface area contributed by atoms with Crippen LogP contribution in [0.4, 0.5) is 0 Å². The predicted octanol–water partition coefficient (Wildman–Crippen LogP) is 4.30. The first kappa shape index (κ1) is 14.3. The average Bonchev–Trinajstić information content (AvgIpc) is 2.48. The van der Waals surface area contributed by atoms with E-state index in [-0.39, 0.29) is 11.7 Å². The van der Waals surface area contributed by atoms with E-state index in [1.54, 1.807) is 7.11 Å². The van der Waals surface area contributed by atoms with Crippen LogP contribution in [0.25, 0.3) is 0 Å². The van der Waals surface area contributed by atoms with Crippen LogP contribution in [0.3, 0.4) is 0 Å². The highest BCUT2D eigenvalue weighted by Crippen LogP contribution is 2.27. The Hall–Kier alpha value is -2.09. The summed E-state index contributed by atoms with van der Waals surface area (Å²) in [5, 5.41) is 0. The van der Waals surface area contributed by atoms with Gasteiger partial charge in [0.1, 0.15) is 5.75 Å². The highest BCUT2D eigenvalue weighted by atomic mass is 16.5. The van der Waals surface area contributed by atoms with Gasteiger partial charge in [0.25, 0.3) is 0 Å². The molecule has 0 aliphatic heterocycles. The Morgan fingerprint density at radius 3 is 2.30 bits per heavy atom. The molecule has 2 rings (SSSR count). The minimum Gasteiger partial charge on any atom is -0.496 e. The van der Waals surface area contributed by atoms with Crippen LogP contribution in [0.1, 0.15) is 39.9 Å². The fraction of sp³-hybridized carbons (Fsp3) is 0.278. The molecule has 0 fully saturated rings. The van der Waals surface area contributed by atoms with Crippen LogP contribution in [-0.2, 0) is 0 Å². The largest absolute Gasteiger partial charge is 0.496 e. The van der Waals surface area contributed by atoms with E-state index in [1.165, 1.54) is 0 Å². The van der Waals surface area contributed by atoms with Gasteiger partial charge in [-0.15, -0.1) is 0 Å². The van der Waals surface area contributed by atoms with Crippen LogP contribution in [0.2, 0.25) is 0 Å². The Morgan fingerprint density at radius 1 is 1.05 bits per heavy atom. The Labute approximate surface area is 120 Å². The van der Waals surface area contributed by atoms with Crippen molar-refractivity contribution < 1.29 is 9.53 Å². The van der Waals surface area contributed by atoms with Gasteiger partial charge in [-0.1, -0.05) is 37.3 Å². The molecule has 0 aromatic heterocycles. The SMILES string of the molecule is COc1cc(C)c(C(=O)C(C)c2ccccc2)cc1C. The monoisotopic (exact) mass is 268 g/mol. The maximum Gasteiger partial charge on any atom is 0.170 e. The van der Waals surface area contributed by atoms with Crippen LogP contribution in [-0.4, -0.2) is 12.9 Å². The third kappa shape index (κ3) is 2.74. The number of Topliss-reactive ketones (excluding diaryl/α,β-unsaturated/α-hetero) is 1. The van der Waals surface area contributed by atoms with Crippen molar-refractivity contribution in [2.24, 2.45) is 0 Å². The summed E-state index contributed by atoms with van der Waals surface area (Å²) in [6.45, 7) is 5.87. The molecule has 1 atom stereocenters. The van der Waals surface area contributed by atoms with Crippen molar-refractivity contribution in [3.63, 3.8) is 0 Å². The van der Waals surface area contributed by atoms with E-state index in [1.807, 2.05) is 63.2 Å². The Morgan fingerprint density at radius 2 is 1.70 bits per heavy atom. The van der Waals surface area contributed by atoms with Gasteiger partial charge in [-0.05, 0) is 42.7 Å². The molecule has 0 saturated heterocycles. The van der Waals surface area contributed by atoms with Gasteiger partial charge in [0.15, 0.2) is 5.78 Å². The zero-order chi connectivity index (χ0) is 14.7. The minimum atomic E-state index is -0.136. The molecule has 0 heterocycles. The van der Waals surface area contributed by atoms with Crippen molar-refractivity contribution in [3.8, 4) is 5.75 Å². The zero-order valence-corrected chi connectivity index (χ0v) is 12.4. The number of aryl methyl sites for hydroxylation is 2. The summed E-state index contributed by atoms with van der Waals surface area (Å²) in [5.41, 5.74) is 3.77. The fourth-order valence-corrected chi connectivity index (χ4v) is 2.40. The summed E-state index contributed by atoms with van der Waals surface area (Å²) < 4.78 is 5.29. The molecular formula is C18H20O2. The van der Waals surface area contributed by atoms with E-state index < -0.39 is 0 Å². The number of hydrogen-bond donors (Lipinski definition) is 0. The summed E-state index contributed by atoms with van der Waals surface area (Å²) in [5.74, 6) is 0.841. The molecule has 0 saturated carbocycles. The topological polar surface area (TPSA) is 26.3 Å². The molecule has 20 heavy (non-hydrogen) atoms. The van der Waals surface area contributed by atoms with Crippen molar-refractivity contribution in [3.05, 3.63) is 64.7 Å². The van der Waals surface area contributed by atoms with Crippen LogP contribution >= 0.6 is 0 Å². The van der Waals surface area contributed by atoms with E-state index in [4.69, 9.17) is 4.74 Å². The van der Waals surface area contributed by atoms with Crippen LogP contribution in [0.15, 0.2) is 42.5 Å². The van der Waals surface area contributed by atoms with Gasteiger partial charge in [-0.25, -0.2) is 0 Å². The lowest BCUT2D eigenvalue weighted by Gasteiger charge is -2.15. The molecule has 0 amide bonds. The van der Waals surface area contributed by atoms with Crippen LogP contribution in [0.5, 0.6) is 5.75 Å². The Bertz CT molecular complexity index is 615. The predicted molar refractivity (Wildman–Crippen MR) is 81.7 cm³/mol. The molecule has 2 aromatic rings. The van der Waals surface area contributed by atoms with Crippen molar-refractivity contribution in [1.29, 1.82) is 0 Å². The van der Waals surface area contributed by atoms with Gasteiger partial charge in [0.2, 0.25) is 0 Å². The second kappa shape index (κ2) is 5.91. The standard InChI is InChI=1S/C18H20O2/c1-12-11-17(20-4)13(2)10-16(12)18(19)14(3)15-8-6-5-7-9-15/h5-11,14H,1-4H3. The number of carbonyl (C=O) groups is 1. The molecule has 0 aliphatic rings. The van der Waals surface area contributed by atoms with Crippen LogP contribution in [0, 0.1) is 13.8 Å². The quantitative estimate of drug-likeness (QED) is 0.773. The number of ketones is 1. The van der Waals surface area contributed by atoms with E-state index >= 15 is 0 Å². The summed E-state index contributed by atoms with van der Waals surface area (Å²) in [6.07, 6.45) is 0. The molecule has 2 aromatic carbocycles. The molecule has 1 unspecified atom stereocenters. The molecule has 0 bridgehead atoms. The van der Waals surface area contributed by atoms with Crippen molar-refractivity contribution in [2.75, 3.05) is 7.11 Å². The Kier molecular flexibility index (Phi) is 4.23. The van der Waals surface area contributed by atoms with Crippen molar-refractivity contribution in [1.82, 2.24) is 0 Å². The molecule has 0 N–H and O–H groups in total. The first-order valence-corrected chi connectivity index (χ1v) is 6.79. The number of rotatable bonds is 4. The Balaban J connectivity index is 2.37. The maximum atomic E-state index is 12.7. The summed E-state index contributed by atoms with van der Waals surface area (Å²) in [6, 6.07) is 13.7. The van der Waals surface area contributed by atoms with Gasteiger partial charge in [0.05, 0.1) is 7.11 Å². The minimum absolute atomic E-state index is 0.136. The lowest BCUT2D eigenvalue weighted by Crippen LogP contribution is -2.11. The molecule has 0 radical (unpaired) electrons. The normalized spacial score (nSPS) is 12.0. The molecule has 0 spiro atoms. The number of methoxy groups -OCH3 is 1. The number of ether oxygens (including phenoxy) is 1. The number of carbonyl (C=O) groups excluding carboxylic acids is 1. The van der Waals surface area contributed by atoms with E-state index in [2.05, 4.69) is 0 Å². The highest BCUT2D eigenvalue weighted by Gasteiger charge is 2.19. The summed E-state index contributed by atoms with van der Waals surface area (Å²) >= 11 is 0. The maximum absolute atomic E-state index is 12.7. The third-order valence-corrected chi connectivity index (χ3v) is 3.70. The van der Waals surface area contributed by atoms with Gasteiger partial charge in [0, 0.05) is 11.5 Å². The van der Waals surface area contributed by atoms with Gasteiger partial charge >= 0.3 is 0 Å². The molecular weight excluding hydrogens is 248 g/mol. The average molecular weight is 268 g/mol.